The minimum Gasteiger partial charge on any atom is -0.444 e. The van der Waals surface area contributed by atoms with E-state index in [1.807, 2.05) is 12.1 Å². The minimum atomic E-state index is 0. The molecule has 1 aromatic heterocycles. The molecule has 25 heavy (non-hydrogen) atoms. The number of guanidine groups is 1. The molecular weight excluding hydrogens is 427 g/mol. The molecule has 0 aliphatic heterocycles. The Bertz CT molecular complexity index is 696. The third-order valence-electron chi connectivity index (χ3n) is 4.41. The van der Waals surface area contributed by atoms with E-state index in [0.717, 1.165) is 23.1 Å². The van der Waals surface area contributed by atoms with Crippen LogP contribution in [0.2, 0.25) is 0 Å². The van der Waals surface area contributed by atoms with Gasteiger partial charge in [0.05, 0.1) is 12.2 Å². The molecular formula is C19H27IN4O. The summed E-state index contributed by atoms with van der Waals surface area (Å²) >= 11 is 0. The fourth-order valence-corrected chi connectivity index (χ4v) is 2.88. The van der Waals surface area contributed by atoms with E-state index in [9.17, 15) is 0 Å². The molecule has 0 amide bonds. The number of nitrogens with one attached hydrogen (secondary N) is 2. The number of hydrogen-bond acceptors (Lipinski definition) is 3. The van der Waals surface area contributed by atoms with E-state index in [4.69, 9.17) is 4.42 Å². The van der Waals surface area contributed by atoms with Gasteiger partial charge in [0.25, 0.3) is 0 Å². The van der Waals surface area contributed by atoms with Crippen molar-refractivity contribution in [3.8, 4) is 11.5 Å². The highest BCUT2D eigenvalue weighted by molar-refractivity contribution is 14.0. The normalized spacial score (nSPS) is 19.2. The maximum Gasteiger partial charge on any atom is 0.226 e. The van der Waals surface area contributed by atoms with E-state index in [0.29, 0.717) is 18.5 Å². The number of oxazole rings is 1. The molecule has 2 unspecified atom stereocenters. The van der Waals surface area contributed by atoms with Crippen molar-refractivity contribution in [2.24, 2.45) is 10.9 Å². The van der Waals surface area contributed by atoms with Crippen LogP contribution in [0.3, 0.4) is 0 Å². The first kappa shape index (κ1) is 19.8. The van der Waals surface area contributed by atoms with Crippen molar-refractivity contribution in [1.82, 2.24) is 15.6 Å². The van der Waals surface area contributed by atoms with E-state index >= 15 is 0 Å². The Morgan fingerprint density at radius 1 is 1.32 bits per heavy atom. The first-order chi connectivity index (χ1) is 11.7. The van der Waals surface area contributed by atoms with Crippen LogP contribution in [0.15, 0.2) is 39.9 Å². The zero-order valence-electron chi connectivity index (χ0n) is 15.1. The summed E-state index contributed by atoms with van der Waals surface area (Å²) in [5.41, 5.74) is 3.09. The van der Waals surface area contributed by atoms with Gasteiger partial charge < -0.3 is 15.1 Å². The highest BCUT2D eigenvalue weighted by atomic mass is 127. The molecule has 6 heteroatoms. The van der Waals surface area contributed by atoms with E-state index < -0.39 is 0 Å². The fourth-order valence-electron chi connectivity index (χ4n) is 2.88. The zero-order chi connectivity index (χ0) is 16.9. The van der Waals surface area contributed by atoms with Crippen molar-refractivity contribution >= 4 is 29.9 Å². The van der Waals surface area contributed by atoms with E-state index in [1.165, 1.54) is 24.8 Å². The van der Waals surface area contributed by atoms with Crippen LogP contribution in [0.4, 0.5) is 0 Å². The quantitative estimate of drug-likeness (QED) is 0.392. The summed E-state index contributed by atoms with van der Waals surface area (Å²) in [4.78, 5) is 8.83. The summed E-state index contributed by atoms with van der Waals surface area (Å²) in [5.74, 6) is 2.28. The van der Waals surface area contributed by atoms with Gasteiger partial charge in [0, 0.05) is 18.7 Å². The highest BCUT2D eigenvalue weighted by Crippen LogP contribution is 2.34. The monoisotopic (exact) mass is 454 g/mol. The van der Waals surface area contributed by atoms with Crippen LogP contribution in [0.5, 0.6) is 0 Å². The second-order valence-electron chi connectivity index (χ2n) is 6.47. The van der Waals surface area contributed by atoms with Crippen molar-refractivity contribution in [3.05, 3.63) is 41.8 Å². The molecule has 0 saturated heterocycles. The largest absolute Gasteiger partial charge is 0.444 e. The Hall–Kier alpha value is -1.57. The summed E-state index contributed by atoms with van der Waals surface area (Å²) < 4.78 is 5.59. The van der Waals surface area contributed by atoms with Gasteiger partial charge in [0.15, 0.2) is 5.96 Å². The summed E-state index contributed by atoms with van der Waals surface area (Å²) in [6.07, 6.45) is 5.48. The van der Waals surface area contributed by atoms with Crippen LogP contribution in [0, 0.1) is 12.8 Å². The van der Waals surface area contributed by atoms with Crippen molar-refractivity contribution in [1.29, 1.82) is 0 Å². The molecule has 0 bridgehead atoms. The maximum absolute atomic E-state index is 5.59. The molecule has 5 nitrogen and oxygen atoms in total. The molecule has 2 aromatic rings. The van der Waals surface area contributed by atoms with Crippen LogP contribution >= 0.6 is 24.0 Å². The van der Waals surface area contributed by atoms with Gasteiger partial charge in [0.1, 0.15) is 6.26 Å². The average molecular weight is 454 g/mol. The Balaban J connectivity index is 0.00000225. The molecule has 136 valence electrons. The van der Waals surface area contributed by atoms with Crippen LogP contribution in [-0.4, -0.2) is 24.0 Å². The smallest absolute Gasteiger partial charge is 0.226 e. The molecule has 3 rings (SSSR count). The van der Waals surface area contributed by atoms with Gasteiger partial charge in [-0.2, -0.15) is 0 Å². The van der Waals surface area contributed by atoms with Crippen LogP contribution in [-0.2, 0) is 6.54 Å². The summed E-state index contributed by atoms with van der Waals surface area (Å²) in [6.45, 7) is 4.90. The van der Waals surface area contributed by atoms with E-state index in [2.05, 4.69) is 46.6 Å². The molecule has 1 aliphatic carbocycles. The number of halogens is 1. The third kappa shape index (κ3) is 5.45. The van der Waals surface area contributed by atoms with E-state index in [1.54, 1.807) is 13.3 Å². The Morgan fingerprint density at radius 2 is 2.08 bits per heavy atom. The second-order valence-corrected chi connectivity index (χ2v) is 6.47. The van der Waals surface area contributed by atoms with Crippen molar-refractivity contribution in [3.63, 3.8) is 0 Å². The number of aromatic nitrogens is 1. The number of benzene rings is 1. The second kappa shape index (κ2) is 9.22. The molecule has 1 saturated carbocycles. The Morgan fingerprint density at radius 3 is 2.76 bits per heavy atom. The predicted octanol–water partition coefficient (Wildman–Crippen LogP) is 4.12. The first-order valence-corrected chi connectivity index (χ1v) is 8.68. The standard InChI is InChI=1S/C19H26N4O.HI/c1-4-5-15-10-17(15)23-19(20-3)21-11-16-12-24-18(22-16)14-8-6-13(2)7-9-14;/h6-9,12,15,17H,4-5,10-11H2,1-3H3,(H2,20,21,23);1H. The molecule has 1 aliphatic rings. The van der Waals surface area contributed by atoms with Crippen molar-refractivity contribution in [2.45, 2.75) is 45.7 Å². The molecule has 2 N–H and O–H groups in total. The van der Waals surface area contributed by atoms with Crippen LogP contribution in [0.1, 0.15) is 37.4 Å². The van der Waals surface area contributed by atoms with Gasteiger partial charge in [-0.3, -0.25) is 4.99 Å². The van der Waals surface area contributed by atoms with Gasteiger partial charge >= 0.3 is 0 Å². The number of nitrogens with zero attached hydrogens (tertiary/aromatic N) is 2. The SMILES string of the molecule is CCCC1CC1NC(=NC)NCc1coc(-c2ccc(C)cc2)n1.I. The predicted molar refractivity (Wildman–Crippen MR) is 112 cm³/mol. The number of hydrogen-bond donors (Lipinski definition) is 2. The van der Waals surface area contributed by atoms with Gasteiger partial charge in [-0.1, -0.05) is 31.0 Å². The molecule has 1 heterocycles. The lowest BCUT2D eigenvalue weighted by Gasteiger charge is -2.10. The topological polar surface area (TPSA) is 62.5 Å². The maximum atomic E-state index is 5.59. The molecule has 0 radical (unpaired) electrons. The first-order valence-electron chi connectivity index (χ1n) is 8.68. The van der Waals surface area contributed by atoms with Crippen molar-refractivity contribution < 1.29 is 4.42 Å². The fraction of sp³-hybridized carbons (Fsp3) is 0.474. The van der Waals surface area contributed by atoms with Gasteiger partial charge in [-0.15, -0.1) is 24.0 Å². The lowest BCUT2D eigenvalue weighted by molar-refractivity contribution is 0.572. The Kier molecular flexibility index (Phi) is 7.28. The van der Waals surface area contributed by atoms with Crippen LogP contribution < -0.4 is 10.6 Å². The Labute approximate surface area is 166 Å². The minimum absolute atomic E-state index is 0. The summed E-state index contributed by atoms with van der Waals surface area (Å²) in [7, 11) is 1.80. The lowest BCUT2D eigenvalue weighted by Crippen LogP contribution is -2.38. The average Bonchev–Trinajstić information content (AvgIpc) is 3.14. The number of aryl methyl sites for hydroxylation is 1. The van der Waals surface area contributed by atoms with Gasteiger partial charge in [-0.05, 0) is 37.8 Å². The highest BCUT2D eigenvalue weighted by Gasteiger charge is 2.36. The number of rotatable bonds is 6. The summed E-state index contributed by atoms with van der Waals surface area (Å²) in [5, 5.41) is 6.78. The lowest BCUT2D eigenvalue weighted by atomic mass is 10.1. The molecule has 0 spiro atoms. The molecule has 1 fully saturated rings. The van der Waals surface area contributed by atoms with Crippen molar-refractivity contribution in [2.75, 3.05) is 7.05 Å². The van der Waals surface area contributed by atoms with Gasteiger partial charge in [0.2, 0.25) is 5.89 Å². The van der Waals surface area contributed by atoms with Crippen LogP contribution in [0.25, 0.3) is 11.5 Å². The molecule has 1 aromatic carbocycles. The zero-order valence-corrected chi connectivity index (χ0v) is 17.4. The molecule has 2 atom stereocenters. The van der Waals surface area contributed by atoms with Gasteiger partial charge in [-0.25, -0.2) is 4.98 Å². The third-order valence-corrected chi connectivity index (χ3v) is 4.41. The summed E-state index contributed by atoms with van der Waals surface area (Å²) in [6, 6.07) is 8.74. The number of aliphatic imine (C=N–C) groups is 1. The van der Waals surface area contributed by atoms with E-state index in [-0.39, 0.29) is 24.0 Å².